The normalized spacial score (nSPS) is 31.2. The van der Waals surface area contributed by atoms with Crippen LogP contribution < -0.4 is 10.9 Å². The molecule has 4 atom stereocenters. The molecule has 0 unspecified atom stereocenters. The van der Waals surface area contributed by atoms with Crippen molar-refractivity contribution in [2.75, 3.05) is 31.6 Å². The number of aromatic nitrogens is 2. The molecule has 154 valence electrons. The van der Waals surface area contributed by atoms with E-state index in [4.69, 9.17) is 4.74 Å². The Morgan fingerprint density at radius 1 is 1.36 bits per heavy atom. The number of nitrogens with zero attached hydrogens (tertiary/aromatic N) is 3. The lowest BCUT2D eigenvalue weighted by Gasteiger charge is -2.62. The summed E-state index contributed by atoms with van der Waals surface area (Å²) in [5.41, 5.74) is 0.868. The van der Waals surface area contributed by atoms with E-state index in [1.165, 1.54) is 11.1 Å². The van der Waals surface area contributed by atoms with Crippen molar-refractivity contribution in [3.8, 4) is 0 Å². The summed E-state index contributed by atoms with van der Waals surface area (Å²) in [6.07, 6.45) is 4.10. The van der Waals surface area contributed by atoms with E-state index < -0.39 is 0 Å². The van der Waals surface area contributed by atoms with E-state index in [1.807, 2.05) is 0 Å². The van der Waals surface area contributed by atoms with E-state index in [-0.39, 0.29) is 18.0 Å². The first kappa shape index (κ1) is 19.9. The fourth-order valence-electron chi connectivity index (χ4n) is 5.26. The minimum atomic E-state index is -0.277. The molecular formula is C20H29BrN4O3. The van der Waals surface area contributed by atoms with Crippen molar-refractivity contribution >= 4 is 27.5 Å². The third-order valence-corrected chi connectivity index (χ3v) is 8.10. The summed E-state index contributed by atoms with van der Waals surface area (Å²) in [5.74, 6) is 1.91. The van der Waals surface area contributed by atoms with Crippen molar-refractivity contribution in [1.29, 1.82) is 0 Å². The van der Waals surface area contributed by atoms with Crippen molar-refractivity contribution < 1.29 is 9.53 Å². The maximum atomic E-state index is 12.7. The zero-order chi connectivity index (χ0) is 20.1. The van der Waals surface area contributed by atoms with Gasteiger partial charge in [-0.25, -0.2) is 4.68 Å². The van der Waals surface area contributed by atoms with Crippen LogP contribution in [-0.2, 0) is 16.1 Å². The number of carbonyl (C=O) groups is 1. The van der Waals surface area contributed by atoms with Crippen molar-refractivity contribution in [2.24, 2.45) is 23.2 Å². The van der Waals surface area contributed by atoms with E-state index >= 15 is 0 Å². The molecule has 7 nitrogen and oxygen atoms in total. The van der Waals surface area contributed by atoms with Crippen LogP contribution in [-0.4, -0.2) is 52.9 Å². The standard InChI is InChI=1S/C20H29BrN4O3/c1-12-14-8-13(20(14,2)3)9-15(12)23-16-10-22-25(19(27)18(16)21)11-17(26)24-4-6-28-7-5-24/h10,12-15,23H,4-9,11H2,1-3H3/t12-,13+,14-,15-/m1/s1. The van der Waals surface area contributed by atoms with Gasteiger partial charge in [-0.15, -0.1) is 0 Å². The highest BCUT2D eigenvalue weighted by atomic mass is 79.9. The SMILES string of the molecule is C[C@@H]1[C@H]2C[C@@H](C[C@H]1Nc1cnn(CC(=O)N3CCOCC3)c(=O)c1Br)C2(C)C. The molecule has 8 heteroatoms. The Morgan fingerprint density at radius 3 is 2.71 bits per heavy atom. The van der Waals surface area contributed by atoms with Gasteiger partial charge in [0.2, 0.25) is 5.91 Å². The number of rotatable bonds is 4. The molecular weight excluding hydrogens is 424 g/mol. The lowest BCUT2D eigenvalue weighted by molar-refractivity contribution is -0.136. The van der Waals surface area contributed by atoms with E-state index in [1.54, 1.807) is 11.1 Å². The summed E-state index contributed by atoms with van der Waals surface area (Å²) in [5, 5.41) is 7.80. The van der Waals surface area contributed by atoms with Gasteiger partial charge in [0, 0.05) is 19.1 Å². The molecule has 2 bridgehead atoms. The van der Waals surface area contributed by atoms with Gasteiger partial charge in [0.1, 0.15) is 11.0 Å². The van der Waals surface area contributed by atoms with Crippen LogP contribution in [0, 0.1) is 23.2 Å². The first-order chi connectivity index (χ1) is 13.3. The average molecular weight is 453 g/mol. The monoisotopic (exact) mass is 452 g/mol. The van der Waals surface area contributed by atoms with Crippen molar-refractivity contribution in [2.45, 2.75) is 46.2 Å². The van der Waals surface area contributed by atoms with Gasteiger partial charge >= 0.3 is 0 Å². The molecule has 1 aromatic rings. The van der Waals surface area contributed by atoms with Crippen LogP contribution in [0.3, 0.4) is 0 Å². The summed E-state index contributed by atoms with van der Waals surface area (Å²) < 4.78 is 6.95. The zero-order valence-electron chi connectivity index (χ0n) is 16.8. The van der Waals surface area contributed by atoms with E-state index in [0.717, 1.165) is 23.9 Å². The predicted octanol–water partition coefficient (Wildman–Crippen LogP) is 2.35. The quantitative estimate of drug-likeness (QED) is 0.758. The second kappa shape index (κ2) is 7.44. The fourth-order valence-corrected chi connectivity index (χ4v) is 5.68. The van der Waals surface area contributed by atoms with Gasteiger partial charge in [-0.05, 0) is 51.9 Å². The summed E-state index contributed by atoms with van der Waals surface area (Å²) in [6, 6.07) is 0.347. The number of carbonyl (C=O) groups excluding carboxylic acids is 1. The average Bonchev–Trinajstić information content (AvgIpc) is 2.69. The van der Waals surface area contributed by atoms with E-state index in [2.05, 4.69) is 47.1 Å². The molecule has 3 saturated carbocycles. The zero-order valence-corrected chi connectivity index (χ0v) is 18.4. The number of halogens is 1. The van der Waals surface area contributed by atoms with Gasteiger partial charge in [-0.2, -0.15) is 5.10 Å². The third-order valence-electron chi connectivity index (χ3n) is 7.33. The number of hydrogen-bond donors (Lipinski definition) is 1. The van der Waals surface area contributed by atoms with Crippen LogP contribution in [0.15, 0.2) is 15.5 Å². The molecule has 0 spiro atoms. The molecule has 0 aromatic carbocycles. The molecule has 0 radical (unpaired) electrons. The smallest absolute Gasteiger partial charge is 0.283 e. The first-order valence-corrected chi connectivity index (χ1v) is 11.0. The van der Waals surface area contributed by atoms with Gasteiger partial charge in [-0.1, -0.05) is 20.8 Å². The van der Waals surface area contributed by atoms with Gasteiger partial charge < -0.3 is 15.0 Å². The summed E-state index contributed by atoms with van der Waals surface area (Å²) >= 11 is 3.43. The highest BCUT2D eigenvalue weighted by Gasteiger charge is 2.56. The van der Waals surface area contributed by atoms with Crippen LogP contribution in [0.2, 0.25) is 0 Å². The molecule has 1 aliphatic heterocycles. The first-order valence-electron chi connectivity index (χ1n) is 10.2. The maximum Gasteiger partial charge on any atom is 0.283 e. The Morgan fingerprint density at radius 2 is 2.07 bits per heavy atom. The Balaban J connectivity index is 1.45. The topological polar surface area (TPSA) is 76.5 Å². The van der Waals surface area contributed by atoms with Gasteiger partial charge in [0.05, 0.1) is 25.1 Å². The van der Waals surface area contributed by atoms with Crippen LogP contribution in [0.1, 0.15) is 33.6 Å². The summed E-state index contributed by atoms with van der Waals surface area (Å²) in [7, 11) is 0. The van der Waals surface area contributed by atoms with Crippen molar-refractivity contribution in [3.05, 3.63) is 21.0 Å². The molecule has 2 heterocycles. The maximum absolute atomic E-state index is 12.7. The molecule has 1 saturated heterocycles. The molecule has 28 heavy (non-hydrogen) atoms. The summed E-state index contributed by atoms with van der Waals surface area (Å²) in [4.78, 5) is 26.9. The number of amides is 1. The molecule has 4 aliphatic rings. The van der Waals surface area contributed by atoms with Gasteiger partial charge in [0.25, 0.3) is 5.56 Å². The lowest BCUT2D eigenvalue weighted by Crippen LogP contribution is -2.58. The molecule has 5 rings (SSSR count). The number of hydrogen-bond acceptors (Lipinski definition) is 5. The van der Waals surface area contributed by atoms with Crippen LogP contribution in [0.25, 0.3) is 0 Å². The number of morpholine rings is 1. The van der Waals surface area contributed by atoms with Gasteiger partial charge in [-0.3, -0.25) is 9.59 Å². The minimum Gasteiger partial charge on any atom is -0.380 e. The number of nitrogens with one attached hydrogen (secondary N) is 1. The highest BCUT2D eigenvalue weighted by Crippen LogP contribution is 2.61. The van der Waals surface area contributed by atoms with Crippen molar-refractivity contribution in [3.63, 3.8) is 0 Å². The van der Waals surface area contributed by atoms with E-state index in [0.29, 0.717) is 48.2 Å². The molecule has 3 aliphatic carbocycles. The molecule has 1 N–H and O–H groups in total. The second-order valence-corrected chi connectivity index (χ2v) is 9.83. The Kier molecular flexibility index (Phi) is 5.29. The minimum absolute atomic E-state index is 0.0458. The highest BCUT2D eigenvalue weighted by molar-refractivity contribution is 9.10. The van der Waals surface area contributed by atoms with E-state index in [9.17, 15) is 9.59 Å². The third kappa shape index (κ3) is 3.38. The summed E-state index contributed by atoms with van der Waals surface area (Å²) in [6.45, 7) is 9.22. The predicted molar refractivity (Wildman–Crippen MR) is 110 cm³/mol. The Bertz CT molecular complexity index is 818. The largest absolute Gasteiger partial charge is 0.380 e. The molecule has 1 amide bonds. The lowest BCUT2D eigenvalue weighted by atomic mass is 9.45. The van der Waals surface area contributed by atoms with Crippen molar-refractivity contribution in [1.82, 2.24) is 14.7 Å². The second-order valence-electron chi connectivity index (χ2n) is 9.03. The Hall–Kier alpha value is -1.41. The number of anilines is 1. The van der Waals surface area contributed by atoms with Gasteiger partial charge in [0.15, 0.2) is 0 Å². The van der Waals surface area contributed by atoms with Crippen LogP contribution in [0.4, 0.5) is 5.69 Å². The molecule has 1 aromatic heterocycles. The molecule has 4 fully saturated rings. The number of fused-ring (bicyclic) bond motifs is 2. The Labute approximate surface area is 173 Å². The number of ether oxygens (including phenoxy) is 1. The van der Waals surface area contributed by atoms with Crippen LogP contribution in [0.5, 0.6) is 0 Å². The van der Waals surface area contributed by atoms with Crippen LogP contribution >= 0.6 is 15.9 Å². The fraction of sp³-hybridized carbons (Fsp3) is 0.750.